The van der Waals surface area contributed by atoms with Crippen LogP contribution < -0.4 is 11.2 Å². The van der Waals surface area contributed by atoms with E-state index in [0.717, 1.165) is 16.7 Å². The lowest BCUT2D eigenvalue weighted by atomic mass is 10.1. The standard InChI is InChI=1S/C18H20F2N4O3/c1-21-13(10-16(25)22(2)18(21)27)11-23-5-7-24(8-6-23)17(26)12-3-4-14(19)15(20)9-12/h3-4,9-10H,5-8,11H2,1-2H3. The second kappa shape index (κ2) is 7.43. The fourth-order valence-electron chi connectivity index (χ4n) is 3.08. The van der Waals surface area contributed by atoms with Gasteiger partial charge in [-0.2, -0.15) is 0 Å². The van der Waals surface area contributed by atoms with Gasteiger partial charge >= 0.3 is 5.69 Å². The fourth-order valence-corrected chi connectivity index (χ4v) is 3.08. The van der Waals surface area contributed by atoms with Crippen molar-refractivity contribution in [1.82, 2.24) is 18.9 Å². The maximum atomic E-state index is 13.3. The molecule has 0 radical (unpaired) electrons. The van der Waals surface area contributed by atoms with Crippen molar-refractivity contribution in [3.8, 4) is 0 Å². The molecule has 144 valence electrons. The lowest BCUT2D eigenvalue weighted by Crippen LogP contribution is -2.49. The summed E-state index contributed by atoms with van der Waals surface area (Å²) in [4.78, 5) is 39.9. The third-order valence-electron chi connectivity index (χ3n) is 4.84. The molecule has 2 aromatic rings. The van der Waals surface area contributed by atoms with Crippen LogP contribution >= 0.6 is 0 Å². The van der Waals surface area contributed by atoms with Crippen LogP contribution in [0.4, 0.5) is 8.78 Å². The average Bonchev–Trinajstić information content (AvgIpc) is 2.66. The largest absolute Gasteiger partial charge is 0.336 e. The van der Waals surface area contributed by atoms with E-state index in [1.54, 1.807) is 11.9 Å². The summed E-state index contributed by atoms with van der Waals surface area (Å²) in [6, 6.07) is 4.54. The Morgan fingerprint density at radius 1 is 0.963 bits per heavy atom. The molecular weight excluding hydrogens is 358 g/mol. The molecule has 1 fully saturated rings. The zero-order valence-electron chi connectivity index (χ0n) is 15.1. The third-order valence-corrected chi connectivity index (χ3v) is 4.84. The first-order valence-corrected chi connectivity index (χ1v) is 8.50. The second-order valence-corrected chi connectivity index (χ2v) is 6.57. The van der Waals surface area contributed by atoms with E-state index in [1.807, 2.05) is 4.90 Å². The molecule has 1 aromatic carbocycles. The monoisotopic (exact) mass is 378 g/mol. The summed E-state index contributed by atoms with van der Waals surface area (Å²) in [5.41, 5.74) is -0.0373. The van der Waals surface area contributed by atoms with Crippen molar-refractivity contribution in [3.63, 3.8) is 0 Å². The smallest absolute Gasteiger partial charge is 0.330 e. The molecule has 0 unspecified atom stereocenters. The summed E-state index contributed by atoms with van der Waals surface area (Å²) in [6.07, 6.45) is 0. The number of nitrogens with zero attached hydrogens (tertiary/aromatic N) is 4. The highest BCUT2D eigenvalue weighted by Gasteiger charge is 2.23. The Labute approximate surface area is 154 Å². The number of benzene rings is 1. The summed E-state index contributed by atoms with van der Waals surface area (Å²) in [5.74, 6) is -2.39. The first-order chi connectivity index (χ1) is 12.8. The molecule has 27 heavy (non-hydrogen) atoms. The molecule has 1 aromatic heterocycles. The number of carbonyl (C=O) groups is 1. The zero-order valence-corrected chi connectivity index (χ0v) is 15.1. The van der Waals surface area contributed by atoms with Gasteiger partial charge < -0.3 is 4.90 Å². The molecule has 0 atom stereocenters. The lowest BCUT2D eigenvalue weighted by Gasteiger charge is -2.35. The van der Waals surface area contributed by atoms with Gasteiger partial charge in [-0.25, -0.2) is 13.6 Å². The van der Waals surface area contributed by atoms with Gasteiger partial charge in [0.25, 0.3) is 11.5 Å². The van der Waals surface area contributed by atoms with Gasteiger partial charge in [0, 0.05) is 64.1 Å². The van der Waals surface area contributed by atoms with Crippen LogP contribution in [-0.2, 0) is 20.6 Å². The van der Waals surface area contributed by atoms with E-state index in [-0.39, 0.29) is 22.7 Å². The summed E-state index contributed by atoms with van der Waals surface area (Å²) >= 11 is 0. The molecule has 0 spiro atoms. The lowest BCUT2D eigenvalue weighted by molar-refractivity contribution is 0.0624. The number of aromatic nitrogens is 2. The molecule has 7 nitrogen and oxygen atoms in total. The van der Waals surface area contributed by atoms with E-state index in [0.29, 0.717) is 38.4 Å². The van der Waals surface area contributed by atoms with Gasteiger partial charge in [-0.15, -0.1) is 0 Å². The summed E-state index contributed by atoms with van der Waals surface area (Å²) in [6.45, 7) is 2.32. The van der Waals surface area contributed by atoms with Crippen LogP contribution in [0.3, 0.4) is 0 Å². The van der Waals surface area contributed by atoms with Crippen molar-refractivity contribution in [1.29, 1.82) is 0 Å². The third kappa shape index (κ3) is 3.82. The van der Waals surface area contributed by atoms with Gasteiger partial charge in [0.2, 0.25) is 0 Å². The maximum Gasteiger partial charge on any atom is 0.330 e. The van der Waals surface area contributed by atoms with Crippen molar-refractivity contribution >= 4 is 5.91 Å². The highest BCUT2D eigenvalue weighted by molar-refractivity contribution is 5.94. The highest BCUT2D eigenvalue weighted by Crippen LogP contribution is 2.13. The van der Waals surface area contributed by atoms with E-state index in [2.05, 4.69) is 0 Å². The molecule has 0 aliphatic carbocycles. The second-order valence-electron chi connectivity index (χ2n) is 6.57. The van der Waals surface area contributed by atoms with Crippen LogP contribution in [0.15, 0.2) is 33.9 Å². The Bertz CT molecular complexity index is 991. The zero-order chi connectivity index (χ0) is 19.7. The van der Waals surface area contributed by atoms with Crippen molar-refractivity contribution in [2.75, 3.05) is 26.2 Å². The topological polar surface area (TPSA) is 67.5 Å². The Hall–Kier alpha value is -2.81. The minimum atomic E-state index is -1.05. The summed E-state index contributed by atoms with van der Waals surface area (Å²) in [5, 5.41) is 0. The highest BCUT2D eigenvalue weighted by atomic mass is 19.2. The van der Waals surface area contributed by atoms with Crippen LogP contribution in [0.5, 0.6) is 0 Å². The summed E-state index contributed by atoms with van der Waals surface area (Å²) in [7, 11) is 3.04. The van der Waals surface area contributed by atoms with Gasteiger partial charge in [0.1, 0.15) is 0 Å². The van der Waals surface area contributed by atoms with Crippen LogP contribution in [-0.4, -0.2) is 51.0 Å². The minimum absolute atomic E-state index is 0.108. The fraction of sp³-hybridized carbons (Fsp3) is 0.389. The van der Waals surface area contributed by atoms with E-state index in [4.69, 9.17) is 0 Å². The Balaban J connectivity index is 1.66. The van der Waals surface area contributed by atoms with Gasteiger partial charge in [-0.3, -0.25) is 23.6 Å². The molecule has 0 N–H and O–H groups in total. The SMILES string of the molecule is Cn1c(CN2CCN(C(=O)c3ccc(F)c(F)c3)CC2)cc(=O)n(C)c1=O. The van der Waals surface area contributed by atoms with Crippen molar-refractivity contribution in [2.45, 2.75) is 6.54 Å². The van der Waals surface area contributed by atoms with Crippen LogP contribution in [0.1, 0.15) is 16.1 Å². The molecule has 0 bridgehead atoms. The summed E-state index contributed by atoms with van der Waals surface area (Å²) < 4.78 is 28.8. The number of carbonyl (C=O) groups excluding carboxylic acids is 1. The predicted octanol–water partition coefficient (Wildman–Crippen LogP) is 0.320. The number of rotatable bonds is 3. The molecule has 9 heteroatoms. The van der Waals surface area contributed by atoms with Crippen molar-refractivity contribution in [3.05, 3.63) is 68.0 Å². The average molecular weight is 378 g/mol. The number of piperazine rings is 1. The minimum Gasteiger partial charge on any atom is -0.336 e. The van der Waals surface area contributed by atoms with Gasteiger partial charge in [0.05, 0.1) is 0 Å². The Morgan fingerprint density at radius 3 is 2.26 bits per heavy atom. The maximum absolute atomic E-state index is 13.3. The number of halogens is 2. The van der Waals surface area contributed by atoms with Gasteiger partial charge in [-0.05, 0) is 18.2 Å². The van der Waals surface area contributed by atoms with Gasteiger partial charge in [-0.1, -0.05) is 0 Å². The van der Waals surface area contributed by atoms with Crippen LogP contribution in [0.25, 0.3) is 0 Å². The molecule has 3 rings (SSSR count). The van der Waals surface area contributed by atoms with E-state index >= 15 is 0 Å². The van der Waals surface area contributed by atoms with Gasteiger partial charge in [0.15, 0.2) is 11.6 Å². The van der Waals surface area contributed by atoms with Crippen LogP contribution in [0.2, 0.25) is 0 Å². The first-order valence-electron chi connectivity index (χ1n) is 8.50. The molecule has 2 heterocycles. The number of amides is 1. The predicted molar refractivity (Wildman–Crippen MR) is 94.5 cm³/mol. The molecule has 1 amide bonds. The first kappa shape index (κ1) is 19.0. The Kier molecular flexibility index (Phi) is 5.22. The van der Waals surface area contributed by atoms with E-state index in [1.165, 1.54) is 23.7 Å². The van der Waals surface area contributed by atoms with E-state index in [9.17, 15) is 23.2 Å². The number of hydrogen-bond donors (Lipinski definition) is 0. The molecule has 0 saturated carbocycles. The van der Waals surface area contributed by atoms with E-state index < -0.39 is 11.6 Å². The molecular formula is C18H20F2N4O3. The normalized spacial score (nSPS) is 15.2. The van der Waals surface area contributed by atoms with Crippen molar-refractivity contribution in [2.24, 2.45) is 14.1 Å². The number of hydrogen-bond acceptors (Lipinski definition) is 4. The van der Waals surface area contributed by atoms with Crippen molar-refractivity contribution < 1.29 is 13.6 Å². The van der Waals surface area contributed by atoms with Crippen LogP contribution in [0, 0.1) is 11.6 Å². The quantitative estimate of drug-likeness (QED) is 0.772. The Morgan fingerprint density at radius 2 is 1.63 bits per heavy atom. The molecule has 1 saturated heterocycles. The molecule has 1 aliphatic heterocycles. The molecule has 1 aliphatic rings.